The summed E-state index contributed by atoms with van der Waals surface area (Å²) in [4.78, 5) is 37.1. The van der Waals surface area contributed by atoms with Crippen LogP contribution >= 0.6 is 0 Å². The van der Waals surface area contributed by atoms with Crippen LogP contribution in [-0.2, 0) is 18.9 Å². The molecule has 0 amide bonds. The van der Waals surface area contributed by atoms with Crippen LogP contribution in [0.15, 0.2) is 9.59 Å². The molecule has 1 fully saturated rings. The second-order valence-corrected chi connectivity index (χ2v) is 5.60. The maximum atomic E-state index is 12.2. The van der Waals surface area contributed by atoms with E-state index in [-0.39, 0.29) is 12.4 Å². The van der Waals surface area contributed by atoms with Gasteiger partial charge in [-0.25, -0.2) is 9.48 Å². The van der Waals surface area contributed by atoms with E-state index in [0.717, 1.165) is 15.7 Å². The third-order valence-electron chi connectivity index (χ3n) is 4.14. The summed E-state index contributed by atoms with van der Waals surface area (Å²) >= 11 is 0. The van der Waals surface area contributed by atoms with E-state index in [1.165, 1.54) is 14.1 Å². The number of carboxylic acids is 1. The van der Waals surface area contributed by atoms with Crippen molar-refractivity contribution < 1.29 is 9.90 Å². The lowest BCUT2D eigenvalue weighted by molar-refractivity contribution is -0.148. The van der Waals surface area contributed by atoms with Crippen LogP contribution < -0.4 is 16.1 Å². The lowest BCUT2D eigenvalue weighted by Crippen LogP contribution is -2.43. The van der Waals surface area contributed by atoms with Crippen molar-refractivity contribution in [2.45, 2.75) is 26.2 Å². The molecule has 2 rings (SSSR count). The number of hydrogen-bond donors (Lipinski definition) is 1. The first kappa shape index (κ1) is 15.3. The van der Waals surface area contributed by atoms with Crippen molar-refractivity contribution >= 4 is 11.8 Å². The lowest BCUT2D eigenvalue weighted by atomic mass is 9.83. The molecule has 1 aromatic heterocycles. The molecule has 21 heavy (non-hydrogen) atoms. The van der Waals surface area contributed by atoms with Gasteiger partial charge in [0.25, 0.3) is 5.56 Å². The highest BCUT2D eigenvalue weighted by Crippen LogP contribution is 2.36. The van der Waals surface area contributed by atoms with Crippen molar-refractivity contribution in [3.8, 4) is 0 Å². The van der Waals surface area contributed by atoms with Gasteiger partial charge >= 0.3 is 11.7 Å². The van der Waals surface area contributed by atoms with Crippen LogP contribution in [0, 0.1) is 5.41 Å². The van der Waals surface area contributed by atoms with Crippen LogP contribution in [0.3, 0.4) is 0 Å². The second-order valence-electron chi connectivity index (χ2n) is 5.60. The zero-order chi connectivity index (χ0) is 15.8. The van der Waals surface area contributed by atoms with Gasteiger partial charge in [0.1, 0.15) is 0 Å². The van der Waals surface area contributed by atoms with Crippen molar-refractivity contribution in [1.29, 1.82) is 0 Å². The molecule has 2 heterocycles. The first-order valence-electron chi connectivity index (χ1n) is 6.95. The van der Waals surface area contributed by atoms with Crippen molar-refractivity contribution in [3.63, 3.8) is 0 Å². The molecule has 1 atom stereocenters. The fraction of sp³-hybridized carbons (Fsp3) is 0.692. The number of rotatable bonds is 4. The number of nitrogens with zero attached hydrogens (tertiary/aromatic N) is 4. The van der Waals surface area contributed by atoms with E-state index in [1.54, 1.807) is 4.90 Å². The summed E-state index contributed by atoms with van der Waals surface area (Å²) in [6.07, 6.45) is 1.80. The standard InChI is InChI=1S/C13H20N4O4/c1-4-5-13(11(19)20)6-7-17(8-13)9-10(18)15(2)12(21)16(3)14-9/h4-8H2,1-3H3,(H,19,20). The number of hydrogen-bond acceptors (Lipinski definition) is 5. The molecule has 8 heteroatoms. The average Bonchev–Trinajstić information content (AvgIpc) is 2.86. The van der Waals surface area contributed by atoms with Gasteiger partial charge in [0.15, 0.2) is 0 Å². The Hall–Kier alpha value is -2.12. The summed E-state index contributed by atoms with van der Waals surface area (Å²) < 4.78 is 2.08. The fourth-order valence-electron chi connectivity index (χ4n) is 2.90. The van der Waals surface area contributed by atoms with E-state index in [9.17, 15) is 19.5 Å². The van der Waals surface area contributed by atoms with Crippen LogP contribution in [0.4, 0.5) is 5.82 Å². The zero-order valence-electron chi connectivity index (χ0n) is 12.5. The van der Waals surface area contributed by atoms with E-state index < -0.39 is 22.6 Å². The molecule has 0 radical (unpaired) electrons. The van der Waals surface area contributed by atoms with Crippen molar-refractivity contribution in [1.82, 2.24) is 14.3 Å². The largest absolute Gasteiger partial charge is 0.481 e. The molecule has 0 saturated carbocycles. The zero-order valence-corrected chi connectivity index (χ0v) is 12.5. The molecule has 0 aliphatic carbocycles. The Morgan fingerprint density at radius 3 is 2.62 bits per heavy atom. The minimum absolute atomic E-state index is 0.138. The van der Waals surface area contributed by atoms with Gasteiger partial charge < -0.3 is 10.0 Å². The highest BCUT2D eigenvalue weighted by molar-refractivity contribution is 5.76. The summed E-state index contributed by atoms with van der Waals surface area (Å²) in [6.45, 7) is 2.64. The minimum Gasteiger partial charge on any atom is -0.481 e. The number of aromatic nitrogens is 3. The number of aryl methyl sites for hydroxylation is 1. The molecule has 1 unspecified atom stereocenters. The first-order valence-corrected chi connectivity index (χ1v) is 6.95. The summed E-state index contributed by atoms with van der Waals surface area (Å²) in [6, 6.07) is 0. The van der Waals surface area contributed by atoms with Gasteiger partial charge in [0, 0.05) is 27.2 Å². The molecule has 1 aliphatic heterocycles. The number of anilines is 1. The van der Waals surface area contributed by atoms with E-state index in [4.69, 9.17) is 0 Å². The van der Waals surface area contributed by atoms with Crippen molar-refractivity contribution in [2.24, 2.45) is 19.5 Å². The van der Waals surface area contributed by atoms with Gasteiger partial charge in [-0.3, -0.25) is 14.2 Å². The Balaban J connectivity index is 2.41. The highest BCUT2D eigenvalue weighted by Gasteiger charge is 2.45. The highest BCUT2D eigenvalue weighted by atomic mass is 16.4. The molecule has 116 valence electrons. The first-order chi connectivity index (χ1) is 9.82. The molecule has 1 aromatic rings. The number of aliphatic carboxylic acids is 1. The Morgan fingerprint density at radius 2 is 2.05 bits per heavy atom. The summed E-state index contributed by atoms with van der Waals surface area (Å²) in [5.41, 5.74) is -1.83. The van der Waals surface area contributed by atoms with Gasteiger partial charge in [0.05, 0.1) is 5.41 Å². The van der Waals surface area contributed by atoms with E-state index in [0.29, 0.717) is 19.4 Å². The van der Waals surface area contributed by atoms with Crippen LogP contribution in [0.2, 0.25) is 0 Å². The number of carbonyl (C=O) groups is 1. The maximum absolute atomic E-state index is 12.2. The van der Waals surface area contributed by atoms with E-state index in [2.05, 4.69) is 5.10 Å². The predicted molar refractivity (Wildman–Crippen MR) is 76.5 cm³/mol. The predicted octanol–water partition coefficient (Wildman–Crippen LogP) is -0.440. The van der Waals surface area contributed by atoms with Gasteiger partial charge in [0.2, 0.25) is 5.82 Å². The summed E-state index contributed by atoms with van der Waals surface area (Å²) in [5, 5.41) is 13.5. The molecule has 0 bridgehead atoms. The molecule has 0 aromatic carbocycles. The van der Waals surface area contributed by atoms with Crippen LogP contribution in [-0.4, -0.2) is 38.5 Å². The Kier molecular flexibility index (Phi) is 3.89. The Morgan fingerprint density at radius 1 is 1.38 bits per heavy atom. The van der Waals surface area contributed by atoms with Gasteiger partial charge in [-0.2, -0.15) is 0 Å². The average molecular weight is 296 g/mol. The fourth-order valence-corrected chi connectivity index (χ4v) is 2.90. The van der Waals surface area contributed by atoms with Crippen LogP contribution in [0.25, 0.3) is 0 Å². The van der Waals surface area contributed by atoms with Gasteiger partial charge in [-0.05, 0) is 12.8 Å². The molecular formula is C13H20N4O4. The molecule has 1 saturated heterocycles. The smallest absolute Gasteiger partial charge is 0.346 e. The summed E-state index contributed by atoms with van der Waals surface area (Å²) in [5.74, 6) is -0.702. The molecular weight excluding hydrogens is 276 g/mol. The quantitative estimate of drug-likeness (QED) is 0.809. The van der Waals surface area contributed by atoms with Crippen LogP contribution in [0.5, 0.6) is 0 Å². The topological polar surface area (TPSA) is 97.4 Å². The summed E-state index contributed by atoms with van der Waals surface area (Å²) in [7, 11) is 2.86. The van der Waals surface area contributed by atoms with E-state index >= 15 is 0 Å². The monoisotopic (exact) mass is 296 g/mol. The van der Waals surface area contributed by atoms with Crippen LogP contribution in [0.1, 0.15) is 26.2 Å². The Labute approximate surface area is 121 Å². The third kappa shape index (κ3) is 2.45. The molecule has 0 spiro atoms. The van der Waals surface area contributed by atoms with Gasteiger partial charge in [-0.1, -0.05) is 13.3 Å². The minimum atomic E-state index is -0.839. The second kappa shape index (κ2) is 5.34. The lowest BCUT2D eigenvalue weighted by Gasteiger charge is -2.24. The van der Waals surface area contributed by atoms with Gasteiger partial charge in [-0.15, -0.1) is 5.10 Å². The SMILES string of the molecule is CCCC1(C(=O)O)CCN(c2nn(C)c(=O)n(C)c2=O)C1. The van der Waals surface area contributed by atoms with Crippen molar-refractivity contribution in [2.75, 3.05) is 18.0 Å². The van der Waals surface area contributed by atoms with Crippen molar-refractivity contribution in [3.05, 3.63) is 20.8 Å². The number of carboxylic acid groups (broad SMARTS) is 1. The van der Waals surface area contributed by atoms with E-state index in [1.807, 2.05) is 6.92 Å². The molecule has 1 N–H and O–H groups in total. The maximum Gasteiger partial charge on any atom is 0.346 e. The molecule has 1 aliphatic rings. The normalized spacial score (nSPS) is 21.8. The third-order valence-corrected chi connectivity index (χ3v) is 4.14. The Bertz CT molecular complexity index is 678. The molecule has 8 nitrogen and oxygen atoms in total.